The first-order valence-electron chi connectivity index (χ1n) is 5.57. The SMILES string of the molecule is CNCC(=O)NC1CCOc2c(Cl)cccc21. The molecule has 1 heterocycles. The molecule has 1 aromatic rings. The van der Waals surface area contributed by atoms with E-state index in [4.69, 9.17) is 16.3 Å². The predicted molar refractivity (Wildman–Crippen MR) is 66.4 cm³/mol. The molecule has 17 heavy (non-hydrogen) atoms. The fourth-order valence-electron chi connectivity index (χ4n) is 1.94. The summed E-state index contributed by atoms with van der Waals surface area (Å²) in [6, 6.07) is 5.58. The summed E-state index contributed by atoms with van der Waals surface area (Å²) in [6.07, 6.45) is 0.767. The molecule has 0 saturated carbocycles. The lowest BCUT2D eigenvalue weighted by atomic mass is 10.0. The second-order valence-corrected chi connectivity index (χ2v) is 4.35. The fraction of sp³-hybridized carbons (Fsp3) is 0.417. The Morgan fingerprint density at radius 3 is 3.18 bits per heavy atom. The Morgan fingerprint density at radius 1 is 1.59 bits per heavy atom. The van der Waals surface area contributed by atoms with Gasteiger partial charge in [-0.3, -0.25) is 4.79 Å². The molecule has 5 heteroatoms. The number of hydrogen-bond acceptors (Lipinski definition) is 3. The Balaban J connectivity index is 2.17. The van der Waals surface area contributed by atoms with Gasteiger partial charge in [0.2, 0.25) is 5.91 Å². The maximum absolute atomic E-state index is 11.6. The van der Waals surface area contributed by atoms with Gasteiger partial charge in [0, 0.05) is 12.0 Å². The van der Waals surface area contributed by atoms with E-state index in [0.29, 0.717) is 23.9 Å². The van der Waals surface area contributed by atoms with E-state index in [1.807, 2.05) is 12.1 Å². The molecule has 1 aliphatic rings. The lowest BCUT2D eigenvalue weighted by Crippen LogP contribution is -2.37. The molecule has 2 N–H and O–H groups in total. The third-order valence-corrected chi connectivity index (χ3v) is 3.00. The standard InChI is InChI=1S/C12H15ClN2O2/c1-14-7-11(16)15-10-5-6-17-12-8(10)3-2-4-9(12)13/h2-4,10,14H,5-7H2,1H3,(H,15,16). The normalized spacial score (nSPS) is 18.1. The molecular formula is C12H15ClN2O2. The molecule has 0 aliphatic carbocycles. The largest absolute Gasteiger partial charge is 0.492 e. The molecule has 0 spiro atoms. The van der Waals surface area contributed by atoms with E-state index in [2.05, 4.69) is 10.6 Å². The minimum Gasteiger partial charge on any atom is -0.492 e. The summed E-state index contributed by atoms with van der Waals surface area (Å²) < 4.78 is 5.53. The predicted octanol–water partition coefficient (Wildman–Crippen LogP) is 1.50. The van der Waals surface area contributed by atoms with Crippen molar-refractivity contribution in [3.05, 3.63) is 28.8 Å². The number of para-hydroxylation sites is 1. The van der Waals surface area contributed by atoms with Crippen LogP contribution in [0, 0.1) is 0 Å². The highest BCUT2D eigenvalue weighted by atomic mass is 35.5. The number of amides is 1. The van der Waals surface area contributed by atoms with Crippen molar-refractivity contribution in [3.63, 3.8) is 0 Å². The Kier molecular flexibility index (Phi) is 3.86. The molecule has 4 nitrogen and oxygen atoms in total. The van der Waals surface area contributed by atoms with Crippen LogP contribution in [0.15, 0.2) is 18.2 Å². The van der Waals surface area contributed by atoms with Gasteiger partial charge in [-0.1, -0.05) is 23.7 Å². The molecule has 0 saturated heterocycles. The van der Waals surface area contributed by atoms with Crippen LogP contribution in [-0.2, 0) is 4.79 Å². The summed E-state index contributed by atoms with van der Waals surface area (Å²) in [4.78, 5) is 11.6. The van der Waals surface area contributed by atoms with Crippen molar-refractivity contribution in [1.29, 1.82) is 0 Å². The summed E-state index contributed by atoms with van der Waals surface area (Å²) in [5.74, 6) is 0.667. The van der Waals surface area contributed by atoms with Crippen LogP contribution in [0.3, 0.4) is 0 Å². The van der Waals surface area contributed by atoms with Gasteiger partial charge in [0.1, 0.15) is 5.75 Å². The number of fused-ring (bicyclic) bond motifs is 1. The van der Waals surface area contributed by atoms with Gasteiger partial charge in [0.15, 0.2) is 0 Å². The zero-order valence-electron chi connectivity index (χ0n) is 9.63. The zero-order valence-corrected chi connectivity index (χ0v) is 10.4. The number of halogens is 1. The van der Waals surface area contributed by atoms with E-state index < -0.39 is 0 Å². The summed E-state index contributed by atoms with van der Waals surface area (Å²) in [5, 5.41) is 6.38. The smallest absolute Gasteiger partial charge is 0.234 e. The van der Waals surface area contributed by atoms with Gasteiger partial charge < -0.3 is 15.4 Å². The summed E-state index contributed by atoms with van der Waals surface area (Å²) in [5.41, 5.74) is 0.952. The van der Waals surface area contributed by atoms with Crippen LogP contribution in [0.4, 0.5) is 0 Å². The Hall–Kier alpha value is -1.26. The Labute approximate surface area is 105 Å². The van der Waals surface area contributed by atoms with Crippen LogP contribution in [0.25, 0.3) is 0 Å². The fourth-order valence-corrected chi connectivity index (χ4v) is 2.18. The van der Waals surface area contributed by atoms with Gasteiger partial charge in [-0.25, -0.2) is 0 Å². The average Bonchev–Trinajstić information content (AvgIpc) is 2.31. The summed E-state index contributed by atoms with van der Waals surface area (Å²) in [6.45, 7) is 0.883. The highest BCUT2D eigenvalue weighted by Crippen LogP contribution is 2.37. The zero-order chi connectivity index (χ0) is 12.3. The lowest BCUT2D eigenvalue weighted by molar-refractivity contribution is -0.121. The van der Waals surface area contributed by atoms with Gasteiger partial charge in [0.25, 0.3) is 0 Å². The van der Waals surface area contributed by atoms with E-state index in [-0.39, 0.29) is 11.9 Å². The van der Waals surface area contributed by atoms with Gasteiger partial charge in [-0.2, -0.15) is 0 Å². The Morgan fingerprint density at radius 2 is 2.41 bits per heavy atom. The number of ether oxygens (including phenoxy) is 1. The maximum Gasteiger partial charge on any atom is 0.234 e. The monoisotopic (exact) mass is 254 g/mol. The van der Waals surface area contributed by atoms with Gasteiger partial charge in [-0.15, -0.1) is 0 Å². The molecule has 92 valence electrons. The van der Waals surface area contributed by atoms with Crippen LogP contribution in [0.5, 0.6) is 5.75 Å². The minimum atomic E-state index is -0.0228. The summed E-state index contributed by atoms with van der Waals surface area (Å²) in [7, 11) is 1.74. The highest BCUT2D eigenvalue weighted by Gasteiger charge is 2.24. The van der Waals surface area contributed by atoms with Crippen LogP contribution < -0.4 is 15.4 Å². The summed E-state index contributed by atoms with van der Waals surface area (Å²) >= 11 is 6.06. The second-order valence-electron chi connectivity index (χ2n) is 3.95. The third-order valence-electron chi connectivity index (χ3n) is 2.70. The molecule has 2 rings (SSSR count). The van der Waals surface area contributed by atoms with Crippen LogP contribution in [0.1, 0.15) is 18.0 Å². The first kappa shape index (κ1) is 12.2. The van der Waals surface area contributed by atoms with Crippen LogP contribution in [-0.4, -0.2) is 26.1 Å². The van der Waals surface area contributed by atoms with Crippen LogP contribution >= 0.6 is 11.6 Å². The molecule has 1 unspecified atom stereocenters. The molecular weight excluding hydrogens is 240 g/mol. The highest BCUT2D eigenvalue weighted by molar-refractivity contribution is 6.32. The number of rotatable bonds is 3. The van der Waals surface area contributed by atoms with Crippen molar-refractivity contribution < 1.29 is 9.53 Å². The second kappa shape index (κ2) is 5.38. The maximum atomic E-state index is 11.6. The molecule has 1 atom stereocenters. The van der Waals surface area contributed by atoms with E-state index >= 15 is 0 Å². The van der Waals surface area contributed by atoms with Crippen molar-refractivity contribution in [2.45, 2.75) is 12.5 Å². The molecule has 0 bridgehead atoms. The number of nitrogens with one attached hydrogen (secondary N) is 2. The van der Waals surface area contributed by atoms with E-state index in [1.54, 1.807) is 13.1 Å². The lowest BCUT2D eigenvalue weighted by Gasteiger charge is -2.27. The van der Waals surface area contributed by atoms with Crippen molar-refractivity contribution in [1.82, 2.24) is 10.6 Å². The first-order valence-corrected chi connectivity index (χ1v) is 5.95. The molecule has 0 radical (unpaired) electrons. The molecule has 0 aromatic heterocycles. The Bertz CT molecular complexity index is 423. The van der Waals surface area contributed by atoms with E-state index in [9.17, 15) is 4.79 Å². The van der Waals surface area contributed by atoms with Gasteiger partial charge in [0.05, 0.1) is 24.2 Å². The number of hydrogen-bond donors (Lipinski definition) is 2. The minimum absolute atomic E-state index is 0.0155. The number of likely N-dealkylation sites (N-methyl/N-ethyl adjacent to an activating group) is 1. The molecule has 0 fully saturated rings. The van der Waals surface area contributed by atoms with E-state index in [1.165, 1.54) is 0 Å². The van der Waals surface area contributed by atoms with Crippen molar-refractivity contribution in [2.24, 2.45) is 0 Å². The van der Waals surface area contributed by atoms with E-state index in [0.717, 1.165) is 12.0 Å². The topological polar surface area (TPSA) is 50.4 Å². The van der Waals surface area contributed by atoms with Crippen LogP contribution in [0.2, 0.25) is 5.02 Å². The van der Waals surface area contributed by atoms with Crippen molar-refractivity contribution in [3.8, 4) is 5.75 Å². The first-order chi connectivity index (χ1) is 8.22. The molecule has 1 aliphatic heterocycles. The molecule has 1 amide bonds. The molecule has 1 aromatic carbocycles. The number of benzene rings is 1. The number of carbonyl (C=O) groups excluding carboxylic acids is 1. The number of carbonyl (C=O) groups is 1. The van der Waals surface area contributed by atoms with Crippen molar-refractivity contribution in [2.75, 3.05) is 20.2 Å². The van der Waals surface area contributed by atoms with Gasteiger partial charge >= 0.3 is 0 Å². The third kappa shape index (κ3) is 2.70. The van der Waals surface area contributed by atoms with Crippen molar-refractivity contribution >= 4 is 17.5 Å². The quantitative estimate of drug-likeness (QED) is 0.860. The average molecular weight is 255 g/mol. The van der Waals surface area contributed by atoms with Gasteiger partial charge in [-0.05, 0) is 13.1 Å².